The summed E-state index contributed by atoms with van der Waals surface area (Å²) in [5.74, 6) is 1.99. The zero-order chi connectivity index (χ0) is 28.2. The van der Waals surface area contributed by atoms with Gasteiger partial charge in [-0.05, 0) is 77.6 Å². The van der Waals surface area contributed by atoms with Gasteiger partial charge < -0.3 is 14.4 Å². The van der Waals surface area contributed by atoms with Gasteiger partial charge >= 0.3 is 0 Å². The number of benzene rings is 3. The van der Waals surface area contributed by atoms with Gasteiger partial charge in [0.15, 0.2) is 0 Å². The largest absolute Gasteiger partial charge is 0.506 e. The number of aromatic nitrogens is 3. The molecule has 1 N–H and O–H groups in total. The number of aryl methyl sites for hydroxylation is 3. The van der Waals surface area contributed by atoms with Crippen LogP contribution in [0.15, 0.2) is 66.9 Å². The van der Waals surface area contributed by atoms with Gasteiger partial charge in [-0.15, -0.1) is 17.5 Å². The van der Waals surface area contributed by atoms with Gasteiger partial charge in [0.25, 0.3) is 0 Å². The van der Waals surface area contributed by atoms with Gasteiger partial charge in [-0.25, -0.2) is 9.97 Å². The molecule has 0 atom stereocenters. The van der Waals surface area contributed by atoms with Crippen LogP contribution in [0.1, 0.15) is 56.9 Å². The average molecular weight is 724 g/mol. The zero-order valence-electron chi connectivity index (χ0n) is 24.3. The molecule has 0 fully saturated rings. The van der Waals surface area contributed by atoms with Crippen LogP contribution in [0.3, 0.4) is 0 Å². The maximum Gasteiger partial charge on any atom is 0.217 e. The molecular weight excluding hydrogens is 689 g/mol. The summed E-state index contributed by atoms with van der Waals surface area (Å²) in [5.41, 5.74) is 7.02. The summed E-state index contributed by atoms with van der Waals surface area (Å²) in [5, 5.41) is 14.1. The van der Waals surface area contributed by atoms with E-state index >= 15 is 0 Å². The predicted molar refractivity (Wildman–Crippen MR) is 163 cm³/mol. The number of pyridine rings is 2. The fraction of sp³-hybridized carbons (Fsp3) is 0.257. The topological polar surface area (TPSA) is 60.2 Å². The smallest absolute Gasteiger partial charge is 0.217 e. The van der Waals surface area contributed by atoms with Crippen LogP contribution < -0.4 is 4.74 Å². The quantitative estimate of drug-likeness (QED) is 0.181. The molecule has 0 saturated heterocycles. The molecule has 0 unspecified atom stereocenters. The number of phenolic OH excluding ortho intramolecular Hbond substituents is 1. The van der Waals surface area contributed by atoms with Crippen LogP contribution in [0, 0.1) is 13.0 Å². The van der Waals surface area contributed by atoms with Gasteiger partial charge in [-0.1, -0.05) is 57.8 Å². The molecule has 3 aromatic heterocycles. The molecule has 0 aliphatic heterocycles. The van der Waals surface area contributed by atoms with Crippen LogP contribution in [0.4, 0.5) is 0 Å². The van der Waals surface area contributed by atoms with Crippen molar-refractivity contribution in [2.24, 2.45) is 0 Å². The molecule has 0 saturated carbocycles. The second kappa shape index (κ2) is 10.9. The van der Waals surface area contributed by atoms with Crippen molar-refractivity contribution in [2.45, 2.75) is 59.8 Å². The second-order valence-corrected chi connectivity index (χ2v) is 11.5. The predicted octanol–water partition coefficient (Wildman–Crippen LogP) is 8.75. The minimum Gasteiger partial charge on any atom is -0.506 e. The first-order chi connectivity index (χ1) is 19.2. The molecule has 3 aromatic carbocycles. The van der Waals surface area contributed by atoms with Gasteiger partial charge in [0.1, 0.15) is 17.1 Å². The third-order valence-electron chi connectivity index (χ3n) is 7.75. The van der Waals surface area contributed by atoms with E-state index in [4.69, 9.17) is 14.7 Å². The maximum absolute atomic E-state index is 10.9. The first-order valence-electron chi connectivity index (χ1n) is 13.9. The molecule has 0 bridgehead atoms. The number of hydrogen-bond acceptors (Lipinski definition) is 4. The summed E-state index contributed by atoms with van der Waals surface area (Å²) in [6, 6.07) is 24.0. The van der Waals surface area contributed by atoms with Gasteiger partial charge in [0, 0.05) is 50.0 Å². The zero-order valence-corrected chi connectivity index (χ0v) is 26.6. The Morgan fingerprint density at radius 1 is 0.951 bits per heavy atom. The molecule has 41 heavy (non-hydrogen) atoms. The Bertz CT molecular complexity index is 1920. The van der Waals surface area contributed by atoms with Crippen LogP contribution >= 0.6 is 0 Å². The molecule has 0 radical (unpaired) electrons. The van der Waals surface area contributed by atoms with Crippen molar-refractivity contribution in [1.29, 1.82) is 0 Å². The van der Waals surface area contributed by atoms with E-state index < -0.39 is 0 Å². The van der Waals surface area contributed by atoms with E-state index in [9.17, 15) is 5.11 Å². The van der Waals surface area contributed by atoms with E-state index in [2.05, 4.69) is 87.7 Å². The first kappa shape index (κ1) is 28.8. The van der Waals surface area contributed by atoms with E-state index in [-0.39, 0.29) is 32.2 Å². The van der Waals surface area contributed by atoms with Crippen molar-refractivity contribution in [3.8, 4) is 23.2 Å². The van der Waals surface area contributed by atoms with Crippen molar-refractivity contribution in [3.05, 3.63) is 95.2 Å². The Morgan fingerprint density at radius 3 is 2.49 bits per heavy atom. The number of rotatable bonds is 5. The SMILES string of the molecule is CCc1ccnc(-n2c3[c-]c(Oc4cc(C)c5cc(C(C)(C)C)cc(O)c5n4)ccc3c3c(CC)cccc32)c1.[Pt]. The van der Waals surface area contributed by atoms with Crippen molar-refractivity contribution >= 4 is 32.7 Å². The Labute approximate surface area is 255 Å². The van der Waals surface area contributed by atoms with E-state index in [1.807, 2.05) is 25.3 Å². The molecule has 212 valence electrons. The number of aromatic hydroxyl groups is 1. The average Bonchev–Trinajstić information content (AvgIpc) is 3.26. The molecule has 5 nitrogen and oxygen atoms in total. The van der Waals surface area contributed by atoms with E-state index in [1.54, 1.807) is 6.07 Å². The van der Waals surface area contributed by atoms with E-state index in [0.717, 1.165) is 51.6 Å². The number of nitrogens with zero attached hydrogens (tertiary/aromatic N) is 3. The van der Waals surface area contributed by atoms with Crippen molar-refractivity contribution in [1.82, 2.24) is 14.5 Å². The van der Waals surface area contributed by atoms with Crippen LogP contribution in [0.2, 0.25) is 0 Å². The van der Waals surface area contributed by atoms with Gasteiger partial charge in [-0.2, -0.15) is 6.07 Å². The van der Waals surface area contributed by atoms with Gasteiger partial charge in [-0.3, -0.25) is 0 Å². The van der Waals surface area contributed by atoms with Crippen molar-refractivity contribution in [3.63, 3.8) is 0 Å². The summed E-state index contributed by atoms with van der Waals surface area (Å²) in [7, 11) is 0. The molecule has 6 aromatic rings. The van der Waals surface area contributed by atoms with E-state index in [0.29, 0.717) is 17.1 Å². The third kappa shape index (κ3) is 5.13. The monoisotopic (exact) mass is 723 g/mol. The first-order valence-corrected chi connectivity index (χ1v) is 13.9. The standard InChI is InChI=1S/C35H34N3O2.Pt/c1-7-22-14-15-36-31(17-22)38-28-11-9-10-23(8-2)33(28)26-13-12-25(20-29(26)38)40-32-16-21(3)27-18-24(35(4,5)6)19-30(39)34(27)37-32;/h9-19,39H,7-8H2,1-6H3;/q-1;. The van der Waals surface area contributed by atoms with E-state index in [1.165, 1.54) is 16.5 Å². The number of fused-ring (bicyclic) bond motifs is 4. The Morgan fingerprint density at radius 2 is 1.76 bits per heavy atom. The number of ether oxygens (including phenoxy) is 1. The Kier molecular flexibility index (Phi) is 7.69. The summed E-state index contributed by atoms with van der Waals surface area (Å²) in [4.78, 5) is 9.44. The second-order valence-electron chi connectivity index (χ2n) is 11.5. The maximum atomic E-state index is 10.9. The van der Waals surface area contributed by atoms with Gasteiger partial charge in [0.2, 0.25) is 5.88 Å². The molecule has 0 spiro atoms. The van der Waals surface area contributed by atoms with Crippen LogP contribution in [-0.4, -0.2) is 19.6 Å². The van der Waals surface area contributed by atoms with Crippen LogP contribution in [-0.2, 0) is 39.3 Å². The van der Waals surface area contributed by atoms with Crippen LogP contribution in [0.25, 0.3) is 38.5 Å². The summed E-state index contributed by atoms with van der Waals surface area (Å²) >= 11 is 0. The van der Waals surface area contributed by atoms with Gasteiger partial charge in [0.05, 0.1) is 0 Å². The minimum atomic E-state index is -0.0841. The summed E-state index contributed by atoms with van der Waals surface area (Å²) < 4.78 is 8.48. The molecule has 0 amide bonds. The number of hydrogen-bond donors (Lipinski definition) is 1. The summed E-state index contributed by atoms with van der Waals surface area (Å²) in [6.45, 7) is 12.8. The molecule has 6 heteroatoms. The summed E-state index contributed by atoms with van der Waals surface area (Å²) in [6.07, 6.45) is 3.73. The Hall–Kier alpha value is -3.69. The molecule has 0 aliphatic carbocycles. The number of phenols is 1. The van der Waals surface area contributed by atoms with Crippen LogP contribution in [0.5, 0.6) is 17.4 Å². The molecule has 3 heterocycles. The minimum absolute atomic E-state index is 0. The third-order valence-corrected chi connectivity index (χ3v) is 7.75. The molecule has 0 aliphatic rings. The fourth-order valence-electron chi connectivity index (χ4n) is 5.48. The van der Waals surface area contributed by atoms with Crippen molar-refractivity contribution < 1.29 is 30.9 Å². The van der Waals surface area contributed by atoms with Crippen molar-refractivity contribution in [2.75, 3.05) is 0 Å². The Balaban J connectivity index is 0.00000337. The normalized spacial score (nSPS) is 11.8. The molecule has 6 rings (SSSR count). The molecular formula is C35H34N3O2Pt-. The fourth-order valence-corrected chi connectivity index (χ4v) is 5.48.